The Hall–Kier alpha value is -1.84. The number of nitrogens with zero attached hydrogens (tertiary/aromatic N) is 1. The van der Waals surface area contributed by atoms with E-state index in [0.29, 0.717) is 24.0 Å². The highest BCUT2D eigenvalue weighted by atomic mass is 35.5. The Kier molecular flexibility index (Phi) is 6.11. The lowest BCUT2D eigenvalue weighted by molar-refractivity contribution is -0.134. The van der Waals surface area contributed by atoms with Crippen LogP contribution in [-0.4, -0.2) is 29.9 Å². The van der Waals surface area contributed by atoms with Gasteiger partial charge in [0.1, 0.15) is 0 Å². The molecule has 0 aromatic heterocycles. The summed E-state index contributed by atoms with van der Waals surface area (Å²) in [6.07, 6.45) is 2.45. The molecule has 132 valence electrons. The number of halogens is 1. The molecule has 1 amide bonds. The van der Waals surface area contributed by atoms with Crippen molar-refractivity contribution in [3.8, 4) is 0 Å². The SMILES string of the molecule is Cc1ccc(CN(C(=O)Cc2ccc(Cl)cc2)C2CCNCC2)cc1. The van der Waals surface area contributed by atoms with Crippen molar-refractivity contribution in [2.24, 2.45) is 0 Å². The predicted molar refractivity (Wildman–Crippen MR) is 103 cm³/mol. The van der Waals surface area contributed by atoms with Crippen LogP contribution in [0.1, 0.15) is 29.5 Å². The Bertz CT molecular complexity index is 691. The Morgan fingerprint density at radius 1 is 1.04 bits per heavy atom. The summed E-state index contributed by atoms with van der Waals surface area (Å²) >= 11 is 5.95. The van der Waals surface area contributed by atoms with Gasteiger partial charge in [0.25, 0.3) is 0 Å². The van der Waals surface area contributed by atoms with Crippen LogP contribution in [0.2, 0.25) is 5.02 Å². The molecule has 2 aromatic rings. The first-order valence-corrected chi connectivity index (χ1v) is 9.30. The second-order valence-corrected chi connectivity index (χ2v) is 7.23. The molecule has 2 aromatic carbocycles. The van der Waals surface area contributed by atoms with E-state index in [2.05, 4.69) is 41.4 Å². The maximum absolute atomic E-state index is 13.0. The molecular weight excluding hydrogens is 332 g/mol. The smallest absolute Gasteiger partial charge is 0.227 e. The third-order valence-corrected chi connectivity index (χ3v) is 5.06. The predicted octanol–water partition coefficient (Wildman–Crippen LogP) is 3.97. The number of carbonyl (C=O) groups is 1. The van der Waals surface area contributed by atoms with Gasteiger partial charge >= 0.3 is 0 Å². The van der Waals surface area contributed by atoms with Crippen LogP contribution in [0.5, 0.6) is 0 Å². The highest BCUT2D eigenvalue weighted by Gasteiger charge is 2.25. The Labute approximate surface area is 155 Å². The summed E-state index contributed by atoms with van der Waals surface area (Å²) < 4.78 is 0. The minimum atomic E-state index is 0.190. The van der Waals surface area contributed by atoms with E-state index in [-0.39, 0.29) is 5.91 Å². The van der Waals surface area contributed by atoms with Gasteiger partial charge in [-0.2, -0.15) is 0 Å². The van der Waals surface area contributed by atoms with E-state index in [1.165, 1.54) is 11.1 Å². The van der Waals surface area contributed by atoms with Crippen LogP contribution in [0.25, 0.3) is 0 Å². The van der Waals surface area contributed by atoms with Gasteiger partial charge in [-0.15, -0.1) is 0 Å². The van der Waals surface area contributed by atoms with Crippen LogP contribution in [0.4, 0.5) is 0 Å². The van der Waals surface area contributed by atoms with Gasteiger partial charge in [0.05, 0.1) is 6.42 Å². The van der Waals surface area contributed by atoms with E-state index >= 15 is 0 Å². The number of nitrogens with one attached hydrogen (secondary N) is 1. The van der Waals surface area contributed by atoms with E-state index in [1.54, 1.807) is 0 Å². The van der Waals surface area contributed by atoms with Gasteiger partial charge in [-0.1, -0.05) is 53.6 Å². The van der Waals surface area contributed by atoms with Crippen LogP contribution in [-0.2, 0) is 17.8 Å². The Balaban J connectivity index is 1.75. The molecular formula is C21H25ClN2O. The van der Waals surface area contributed by atoms with Crippen LogP contribution in [0.3, 0.4) is 0 Å². The molecule has 1 aliphatic heterocycles. The minimum Gasteiger partial charge on any atom is -0.335 e. The molecule has 1 aliphatic rings. The maximum Gasteiger partial charge on any atom is 0.227 e. The summed E-state index contributed by atoms with van der Waals surface area (Å²) in [5, 5.41) is 4.08. The van der Waals surface area contributed by atoms with E-state index in [9.17, 15) is 4.79 Å². The fraction of sp³-hybridized carbons (Fsp3) is 0.381. The first kappa shape index (κ1) is 18.0. The number of hydrogen-bond donors (Lipinski definition) is 1. The van der Waals surface area contributed by atoms with Gasteiger partial charge in [0, 0.05) is 17.6 Å². The first-order chi connectivity index (χ1) is 12.1. The first-order valence-electron chi connectivity index (χ1n) is 8.92. The summed E-state index contributed by atoms with van der Waals surface area (Å²) in [7, 11) is 0. The number of aryl methyl sites for hydroxylation is 1. The van der Waals surface area contributed by atoms with E-state index in [4.69, 9.17) is 11.6 Å². The molecule has 3 rings (SSSR count). The van der Waals surface area contributed by atoms with Crippen LogP contribution >= 0.6 is 11.6 Å². The van der Waals surface area contributed by atoms with Gasteiger partial charge in [-0.05, 0) is 56.1 Å². The van der Waals surface area contributed by atoms with Gasteiger partial charge in [-0.3, -0.25) is 4.79 Å². The Morgan fingerprint density at radius 2 is 1.64 bits per heavy atom. The number of carbonyl (C=O) groups excluding carboxylic acids is 1. The van der Waals surface area contributed by atoms with Crippen molar-refractivity contribution < 1.29 is 4.79 Å². The molecule has 1 heterocycles. The molecule has 1 N–H and O–H groups in total. The average molecular weight is 357 g/mol. The minimum absolute atomic E-state index is 0.190. The van der Waals surface area contributed by atoms with Crippen molar-refractivity contribution in [1.29, 1.82) is 0 Å². The van der Waals surface area contributed by atoms with E-state index in [0.717, 1.165) is 31.5 Å². The summed E-state index contributed by atoms with van der Waals surface area (Å²) in [6, 6.07) is 16.3. The molecule has 0 radical (unpaired) electrons. The fourth-order valence-electron chi connectivity index (χ4n) is 3.31. The second kappa shape index (κ2) is 8.50. The van der Waals surface area contributed by atoms with Gasteiger partial charge < -0.3 is 10.2 Å². The van der Waals surface area contributed by atoms with Gasteiger partial charge in [0.15, 0.2) is 0 Å². The molecule has 25 heavy (non-hydrogen) atoms. The number of rotatable bonds is 5. The van der Waals surface area contributed by atoms with Crippen molar-refractivity contribution in [3.63, 3.8) is 0 Å². The quantitative estimate of drug-likeness (QED) is 0.879. The van der Waals surface area contributed by atoms with Crippen molar-refractivity contribution in [3.05, 3.63) is 70.2 Å². The monoisotopic (exact) mass is 356 g/mol. The number of piperidine rings is 1. The van der Waals surface area contributed by atoms with E-state index in [1.807, 2.05) is 24.3 Å². The largest absolute Gasteiger partial charge is 0.335 e. The lowest BCUT2D eigenvalue weighted by atomic mass is 10.0. The molecule has 0 unspecified atom stereocenters. The van der Waals surface area contributed by atoms with Gasteiger partial charge in [0.2, 0.25) is 5.91 Å². The van der Waals surface area contributed by atoms with E-state index < -0.39 is 0 Å². The molecule has 1 saturated heterocycles. The molecule has 0 bridgehead atoms. The maximum atomic E-state index is 13.0. The highest BCUT2D eigenvalue weighted by molar-refractivity contribution is 6.30. The zero-order valence-electron chi connectivity index (χ0n) is 14.7. The average Bonchev–Trinajstić information content (AvgIpc) is 2.64. The van der Waals surface area contributed by atoms with Crippen molar-refractivity contribution in [2.45, 2.75) is 38.8 Å². The normalized spacial score (nSPS) is 15.1. The molecule has 0 atom stereocenters. The third-order valence-electron chi connectivity index (χ3n) is 4.81. The van der Waals surface area contributed by atoms with Gasteiger partial charge in [-0.25, -0.2) is 0 Å². The van der Waals surface area contributed by atoms with Crippen LogP contribution in [0, 0.1) is 6.92 Å². The lowest BCUT2D eigenvalue weighted by Crippen LogP contribution is -2.46. The number of hydrogen-bond acceptors (Lipinski definition) is 2. The standard InChI is InChI=1S/C21H25ClN2O/c1-16-2-4-18(5-3-16)15-24(20-10-12-23-13-11-20)21(25)14-17-6-8-19(22)9-7-17/h2-9,20,23H,10-15H2,1H3. The summed E-state index contributed by atoms with van der Waals surface area (Å²) in [4.78, 5) is 15.1. The lowest BCUT2D eigenvalue weighted by Gasteiger charge is -2.35. The van der Waals surface area contributed by atoms with Crippen molar-refractivity contribution >= 4 is 17.5 Å². The van der Waals surface area contributed by atoms with Crippen LogP contribution in [0.15, 0.2) is 48.5 Å². The number of amides is 1. The number of benzene rings is 2. The Morgan fingerprint density at radius 3 is 2.28 bits per heavy atom. The topological polar surface area (TPSA) is 32.3 Å². The zero-order chi connectivity index (χ0) is 17.6. The molecule has 0 aliphatic carbocycles. The summed E-state index contributed by atoms with van der Waals surface area (Å²) in [5.74, 6) is 0.190. The molecule has 4 heteroatoms. The zero-order valence-corrected chi connectivity index (χ0v) is 15.4. The molecule has 0 saturated carbocycles. The summed E-state index contributed by atoms with van der Waals surface area (Å²) in [6.45, 7) is 4.71. The molecule has 0 spiro atoms. The molecule has 3 nitrogen and oxygen atoms in total. The highest BCUT2D eigenvalue weighted by Crippen LogP contribution is 2.19. The van der Waals surface area contributed by atoms with Crippen LogP contribution < -0.4 is 5.32 Å². The second-order valence-electron chi connectivity index (χ2n) is 6.79. The fourth-order valence-corrected chi connectivity index (χ4v) is 3.43. The third kappa shape index (κ3) is 5.07. The molecule has 1 fully saturated rings. The van der Waals surface area contributed by atoms with Crippen molar-refractivity contribution in [2.75, 3.05) is 13.1 Å². The summed E-state index contributed by atoms with van der Waals surface area (Å²) in [5.41, 5.74) is 3.44. The van der Waals surface area contributed by atoms with Crippen molar-refractivity contribution in [1.82, 2.24) is 10.2 Å².